The molecule has 0 aromatic heterocycles. The van der Waals surface area contributed by atoms with Gasteiger partial charge in [0.05, 0.1) is 0 Å². The number of hydrogen-bond donors (Lipinski definition) is 1. The number of unbranched alkanes of at least 4 members (excludes halogenated alkanes) is 20. The predicted octanol–water partition coefficient (Wildman–Crippen LogP) is 13.0. The first-order valence-corrected chi connectivity index (χ1v) is 21.3. The van der Waals surface area contributed by atoms with E-state index < -0.39 is 6.60 Å². The van der Waals surface area contributed by atoms with E-state index in [1.54, 1.807) is 5.30 Å². The Balaban J connectivity index is 2.97. The van der Waals surface area contributed by atoms with Crippen molar-refractivity contribution < 1.29 is 5.11 Å². The van der Waals surface area contributed by atoms with Crippen LogP contribution in [0, 0.1) is 0 Å². The van der Waals surface area contributed by atoms with Crippen LogP contribution < -0.4 is 5.30 Å². The number of benzene rings is 1. The van der Waals surface area contributed by atoms with Crippen LogP contribution in [0.15, 0.2) is 24.3 Å². The molecule has 0 unspecified atom stereocenters. The van der Waals surface area contributed by atoms with Crippen molar-refractivity contribution in [3.05, 3.63) is 24.3 Å². The topological polar surface area (TPSA) is 20.2 Å². The van der Waals surface area contributed by atoms with Crippen LogP contribution in [0.2, 0.25) is 0 Å². The third-order valence-electron chi connectivity index (χ3n) is 9.97. The summed E-state index contributed by atoms with van der Waals surface area (Å²) in [5.41, 5.74) is 0. The molecule has 0 bridgehead atoms. The van der Waals surface area contributed by atoms with Gasteiger partial charge < -0.3 is 0 Å². The molecular weight excluding hydrogens is 503 g/mol. The Morgan fingerprint density at radius 3 is 0.925 bits per heavy atom. The van der Waals surface area contributed by atoms with Crippen molar-refractivity contribution in [2.45, 2.75) is 182 Å². The molecular formula is C38H73OP. The summed E-state index contributed by atoms with van der Waals surface area (Å²) in [7, 11) is 0. The Morgan fingerprint density at radius 2 is 0.625 bits per heavy atom. The van der Waals surface area contributed by atoms with Crippen LogP contribution in [0.1, 0.15) is 182 Å². The summed E-state index contributed by atoms with van der Waals surface area (Å²) in [4.78, 5) is 0. The molecule has 1 rings (SSSR count). The fourth-order valence-electron chi connectivity index (χ4n) is 7.29. The first-order chi connectivity index (χ1) is 19.6. The van der Waals surface area contributed by atoms with Crippen LogP contribution in [-0.2, 0) is 0 Å². The van der Waals surface area contributed by atoms with Crippen molar-refractivity contribution >= 4 is 11.9 Å². The van der Waals surface area contributed by atoms with Gasteiger partial charge in [0.25, 0.3) is 0 Å². The van der Waals surface area contributed by atoms with Gasteiger partial charge in [-0.25, -0.2) is 0 Å². The standard InChI is InChI=1S/C38H73OP/c1-5-9-13-17-18-19-20-21-22-23-24-28-36-40(33-25-14-10-6-2,34-26-15-11-7-3,35-27-16-12-8-4)38-31-29-37(39)30-32-38/h29-32,39H,5-28,33-36H2,1-4H3. The normalized spacial score (nSPS) is 12.9. The van der Waals surface area contributed by atoms with E-state index in [0.717, 1.165) is 0 Å². The summed E-state index contributed by atoms with van der Waals surface area (Å²) in [5, 5.41) is 11.9. The van der Waals surface area contributed by atoms with Crippen LogP contribution in [0.3, 0.4) is 0 Å². The molecule has 40 heavy (non-hydrogen) atoms. The maximum atomic E-state index is 10.2. The molecule has 0 heterocycles. The molecule has 0 aliphatic rings. The van der Waals surface area contributed by atoms with Crippen LogP contribution >= 0.6 is 6.60 Å². The van der Waals surface area contributed by atoms with Crippen molar-refractivity contribution in [2.24, 2.45) is 0 Å². The third kappa shape index (κ3) is 15.1. The Morgan fingerprint density at radius 1 is 0.375 bits per heavy atom. The predicted molar refractivity (Wildman–Crippen MR) is 188 cm³/mol. The Bertz CT molecular complexity index is 647. The summed E-state index contributed by atoms with van der Waals surface area (Å²) >= 11 is 0. The number of phenols is 1. The van der Waals surface area contributed by atoms with Gasteiger partial charge in [-0.2, -0.15) is 0 Å². The first-order valence-electron chi connectivity index (χ1n) is 18.4. The van der Waals surface area contributed by atoms with Crippen LogP contribution in [-0.4, -0.2) is 29.8 Å². The van der Waals surface area contributed by atoms with E-state index in [2.05, 4.69) is 39.8 Å². The molecule has 0 atom stereocenters. The van der Waals surface area contributed by atoms with Gasteiger partial charge >= 0.3 is 240 Å². The average Bonchev–Trinajstić information content (AvgIpc) is 2.97. The molecule has 0 aliphatic carbocycles. The molecule has 0 saturated heterocycles. The summed E-state index contributed by atoms with van der Waals surface area (Å²) < 4.78 is 0. The quantitative estimate of drug-likeness (QED) is 0.0742. The fraction of sp³-hybridized carbons (Fsp3) is 0.842. The van der Waals surface area contributed by atoms with E-state index in [-0.39, 0.29) is 0 Å². The molecule has 0 amide bonds. The first kappa shape index (κ1) is 37.5. The van der Waals surface area contributed by atoms with Gasteiger partial charge in [-0.3, -0.25) is 0 Å². The SMILES string of the molecule is CCCCCCCCCCCCCCP(CCCCCC)(CCCCCC)(CCCCCC)c1ccc(O)cc1. The second kappa shape index (κ2) is 24.0. The molecule has 0 radical (unpaired) electrons. The van der Waals surface area contributed by atoms with Gasteiger partial charge in [0, 0.05) is 0 Å². The molecule has 0 saturated carbocycles. The summed E-state index contributed by atoms with van der Waals surface area (Å²) in [6.45, 7) is 7.24. The monoisotopic (exact) mass is 577 g/mol. The molecule has 1 aromatic carbocycles. The van der Waals surface area contributed by atoms with E-state index in [4.69, 9.17) is 0 Å². The average molecular weight is 577 g/mol. The Kier molecular flexibility index (Phi) is 22.4. The molecule has 2 heteroatoms. The zero-order chi connectivity index (χ0) is 29.2. The second-order valence-electron chi connectivity index (χ2n) is 13.5. The van der Waals surface area contributed by atoms with Crippen LogP contribution in [0.25, 0.3) is 0 Å². The Labute approximate surface area is 253 Å². The summed E-state index contributed by atoms with van der Waals surface area (Å²) in [6, 6.07) is 8.80. The fourth-order valence-corrected chi connectivity index (χ4v) is 14.9. The zero-order valence-electron chi connectivity index (χ0n) is 28.0. The number of rotatable bonds is 29. The van der Waals surface area contributed by atoms with E-state index in [9.17, 15) is 5.11 Å². The molecule has 1 N–H and O–H groups in total. The van der Waals surface area contributed by atoms with Crippen molar-refractivity contribution in [1.82, 2.24) is 0 Å². The minimum atomic E-state index is -2.11. The van der Waals surface area contributed by atoms with Gasteiger partial charge in [-0.15, -0.1) is 0 Å². The zero-order valence-corrected chi connectivity index (χ0v) is 28.9. The molecule has 1 aromatic rings. The molecule has 1 nitrogen and oxygen atoms in total. The van der Waals surface area contributed by atoms with E-state index >= 15 is 0 Å². The van der Waals surface area contributed by atoms with Gasteiger partial charge in [-0.1, -0.05) is 13.3 Å². The van der Waals surface area contributed by atoms with Gasteiger partial charge in [0.15, 0.2) is 0 Å². The van der Waals surface area contributed by atoms with E-state index in [1.807, 2.05) is 12.1 Å². The minimum absolute atomic E-state index is 0.439. The molecule has 0 fully saturated rings. The molecule has 236 valence electrons. The third-order valence-corrected chi connectivity index (χ3v) is 17.7. The van der Waals surface area contributed by atoms with Gasteiger partial charge in [0.1, 0.15) is 0 Å². The number of hydrogen-bond acceptors (Lipinski definition) is 1. The second-order valence-corrected chi connectivity index (χ2v) is 19.7. The Hall–Kier alpha value is -0.550. The van der Waals surface area contributed by atoms with Crippen molar-refractivity contribution in [3.8, 4) is 5.75 Å². The molecule has 0 aliphatic heterocycles. The number of phenolic OH excluding ortho intramolecular Hbond substituents is 1. The summed E-state index contributed by atoms with van der Waals surface area (Å²) in [6.07, 6.45) is 39.6. The van der Waals surface area contributed by atoms with Crippen molar-refractivity contribution in [1.29, 1.82) is 0 Å². The van der Waals surface area contributed by atoms with Gasteiger partial charge in [0.2, 0.25) is 0 Å². The molecule has 0 spiro atoms. The van der Waals surface area contributed by atoms with Crippen molar-refractivity contribution in [2.75, 3.05) is 24.6 Å². The van der Waals surface area contributed by atoms with Gasteiger partial charge in [-0.05, 0) is 0 Å². The number of aromatic hydroxyl groups is 1. The van der Waals surface area contributed by atoms with Crippen LogP contribution in [0.4, 0.5) is 0 Å². The summed E-state index contributed by atoms with van der Waals surface area (Å²) in [5.74, 6) is 0.439. The van der Waals surface area contributed by atoms with E-state index in [1.165, 1.54) is 179 Å². The van der Waals surface area contributed by atoms with E-state index in [0.29, 0.717) is 5.75 Å². The van der Waals surface area contributed by atoms with Crippen molar-refractivity contribution in [3.63, 3.8) is 0 Å². The maximum absolute atomic E-state index is 10.2. The van der Waals surface area contributed by atoms with Crippen LogP contribution in [0.5, 0.6) is 5.75 Å².